The zero-order chi connectivity index (χ0) is 5.82. The SMILES string of the molecule is C=CC[S+]1CCCC1. The minimum absolute atomic E-state index is 0.755. The average molecular weight is 129 g/mol. The summed E-state index contributed by atoms with van der Waals surface area (Å²) in [5.74, 6) is 4.23. The van der Waals surface area contributed by atoms with Crippen LogP contribution < -0.4 is 0 Å². The van der Waals surface area contributed by atoms with Crippen molar-refractivity contribution in [3.8, 4) is 0 Å². The lowest BCUT2D eigenvalue weighted by Crippen LogP contribution is -2.05. The first-order valence-corrected chi connectivity index (χ1v) is 4.91. The Morgan fingerprint density at radius 2 is 2.00 bits per heavy atom. The van der Waals surface area contributed by atoms with Crippen molar-refractivity contribution in [3.63, 3.8) is 0 Å². The maximum absolute atomic E-state index is 3.73. The van der Waals surface area contributed by atoms with E-state index in [0.717, 1.165) is 10.9 Å². The molecule has 0 spiro atoms. The Balaban J connectivity index is 2.14. The van der Waals surface area contributed by atoms with Crippen LogP contribution in [0.1, 0.15) is 12.8 Å². The molecule has 0 radical (unpaired) electrons. The van der Waals surface area contributed by atoms with E-state index in [4.69, 9.17) is 0 Å². The van der Waals surface area contributed by atoms with Crippen molar-refractivity contribution >= 4 is 10.9 Å². The van der Waals surface area contributed by atoms with Crippen molar-refractivity contribution < 1.29 is 0 Å². The van der Waals surface area contributed by atoms with Crippen molar-refractivity contribution in [2.75, 3.05) is 17.3 Å². The van der Waals surface area contributed by atoms with Gasteiger partial charge < -0.3 is 0 Å². The van der Waals surface area contributed by atoms with Gasteiger partial charge >= 0.3 is 0 Å². The molecule has 1 fully saturated rings. The molecule has 46 valence electrons. The zero-order valence-electron chi connectivity index (χ0n) is 5.23. The highest BCUT2D eigenvalue weighted by Crippen LogP contribution is 2.12. The van der Waals surface area contributed by atoms with Gasteiger partial charge in [-0.3, -0.25) is 0 Å². The van der Waals surface area contributed by atoms with Gasteiger partial charge in [0.05, 0.1) is 0 Å². The van der Waals surface area contributed by atoms with E-state index in [0.29, 0.717) is 0 Å². The summed E-state index contributed by atoms with van der Waals surface area (Å²) in [5.41, 5.74) is 0. The van der Waals surface area contributed by atoms with E-state index in [2.05, 4.69) is 12.7 Å². The third-order valence-corrected chi connectivity index (χ3v) is 3.91. The zero-order valence-corrected chi connectivity index (χ0v) is 6.04. The summed E-state index contributed by atoms with van der Waals surface area (Å²) in [5, 5.41) is 0. The molecule has 0 aromatic rings. The van der Waals surface area contributed by atoms with Crippen LogP contribution in [0.2, 0.25) is 0 Å². The van der Waals surface area contributed by atoms with Crippen LogP contribution in [0, 0.1) is 0 Å². The minimum Gasteiger partial charge on any atom is -0.0985 e. The van der Waals surface area contributed by atoms with Crippen LogP contribution >= 0.6 is 0 Å². The van der Waals surface area contributed by atoms with E-state index in [-0.39, 0.29) is 0 Å². The topological polar surface area (TPSA) is 0 Å². The molecular formula is C7H13S+. The third-order valence-electron chi connectivity index (χ3n) is 1.47. The van der Waals surface area contributed by atoms with Crippen LogP contribution in [0.5, 0.6) is 0 Å². The van der Waals surface area contributed by atoms with Crippen molar-refractivity contribution in [1.82, 2.24) is 0 Å². The lowest BCUT2D eigenvalue weighted by molar-refractivity contribution is 0.949. The molecule has 0 atom stereocenters. The first kappa shape index (κ1) is 6.21. The second-order valence-corrected chi connectivity index (χ2v) is 4.56. The molecule has 0 aromatic heterocycles. The van der Waals surface area contributed by atoms with Crippen molar-refractivity contribution in [2.24, 2.45) is 0 Å². The molecule has 0 saturated carbocycles. The Kier molecular flexibility index (Phi) is 2.47. The van der Waals surface area contributed by atoms with E-state index in [1.807, 2.05) is 0 Å². The van der Waals surface area contributed by atoms with Gasteiger partial charge in [0, 0.05) is 0 Å². The number of hydrogen-bond donors (Lipinski definition) is 0. The van der Waals surface area contributed by atoms with E-state index < -0.39 is 0 Å². The molecule has 0 bridgehead atoms. The van der Waals surface area contributed by atoms with E-state index in [1.54, 1.807) is 0 Å². The highest BCUT2D eigenvalue weighted by atomic mass is 32.2. The molecule has 1 aliphatic rings. The van der Waals surface area contributed by atoms with Gasteiger partial charge in [-0.05, 0) is 29.8 Å². The predicted molar refractivity (Wildman–Crippen MR) is 41.4 cm³/mol. The molecule has 0 aromatic carbocycles. The molecule has 0 nitrogen and oxygen atoms in total. The summed E-state index contributed by atoms with van der Waals surface area (Å²) in [4.78, 5) is 0. The van der Waals surface area contributed by atoms with Crippen molar-refractivity contribution in [3.05, 3.63) is 12.7 Å². The molecule has 0 amide bonds. The summed E-state index contributed by atoms with van der Waals surface area (Å²) in [6.45, 7) is 3.73. The molecular weight excluding hydrogens is 116 g/mol. The van der Waals surface area contributed by atoms with Crippen LogP contribution in [0.25, 0.3) is 0 Å². The lowest BCUT2D eigenvalue weighted by Gasteiger charge is -1.91. The van der Waals surface area contributed by atoms with E-state index in [1.165, 1.54) is 30.1 Å². The monoisotopic (exact) mass is 129 g/mol. The molecule has 1 saturated heterocycles. The number of rotatable bonds is 2. The number of hydrogen-bond acceptors (Lipinski definition) is 0. The quantitative estimate of drug-likeness (QED) is 0.392. The first-order valence-electron chi connectivity index (χ1n) is 3.18. The van der Waals surface area contributed by atoms with Crippen LogP contribution in [0.4, 0.5) is 0 Å². The molecule has 1 rings (SSSR count). The standard InChI is InChI=1S/C7H13S/c1-2-5-8-6-3-4-7-8/h2H,1,3-7H2/q+1. The van der Waals surface area contributed by atoms with Crippen LogP contribution in [0.3, 0.4) is 0 Å². The van der Waals surface area contributed by atoms with E-state index in [9.17, 15) is 0 Å². The summed E-state index contributed by atoms with van der Waals surface area (Å²) >= 11 is 0. The summed E-state index contributed by atoms with van der Waals surface area (Å²) in [6, 6.07) is 0. The van der Waals surface area contributed by atoms with Gasteiger partial charge in [0.2, 0.25) is 0 Å². The Bertz CT molecular complexity index is 72.5. The van der Waals surface area contributed by atoms with Crippen molar-refractivity contribution in [2.45, 2.75) is 12.8 Å². The Morgan fingerprint density at radius 1 is 1.38 bits per heavy atom. The predicted octanol–water partition coefficient (Wildman–Crippen LogP) is 1.58. The molecule has 1 heterocycles. The van der Waals surface area contributed by atoms with Gasteiger partial charge in [-0.25, -0.2) is 0 Å². The minimum atomic E-state index is 0.755. The highest BCUT2D eigenvalue weighted by Gasteiger charge is 2.21. The Hall–Kier alpha value is 0.0900. The summed E-state index contributed by atoms with van der Waals surface area (Å²) in [6.07, 6.45) is 5.00. The molecule has 0 aliphatic carbocycles. The fourth-order valence-corrected chi connectivity index (χ4v) is 3.14. The maximum Gasteiger partial charge on any atom is 0.126 e. The van der Waals surface area contributed by atoms with Gasteiger partial charge in [-0.2, -0.15) is 0 Å². The first-order chi connectivity index (χ1) is 3.93. The van der Waals surface area contributed by atoms with Gasteiger partial charge in [-0.1, -0.05) is 6.58 Å². The van der Waals surface area contributed by atoms with Gasteiger partial charge in [-0.15, -0.1) is 0 Å². The highest BCUT2D eigenvalue weighted by molar-refractivity contribution is 7.97. The fraction of sp³-hybridized carbons (Fsp3) is 0.714. The molecule has 1 aliphatic heterocycles. The smallest absolute Gasteiger partial charge is 0.0985 e. The molecule has 1 heteroatoms. The largest absolute Gasteiger partial charge is 0.126 e. The average Bonchev–Trinajstić information content (AvgIpc) is 2.19. The van der Waals surface area contributed by atoms with Crippen molar-refractivity contribution in [1.29, 1.82) is 0 Å². The summed E-state index contributed by atoms with van der Waals surface area (Å²) < 4.78 is 0. The molecule has 0 N–H and O–H groups in total. The maximum atomic E-state index is 3.73. The van der Waals surface area contributed by atoms with Gasteiger partial charge in [0.15, 0.2) is 0 Å². The van der Waals surface area contributed by atoms with Gasteiger partial charge in [0.25, 0.3) is 0 Å². The normalized spacial score (nSPS) is 21.5. The van der Waals surface area contributed by atoms with E-state index >= 15 is 0 Å². The van der Waals surface area contributed by atoms with Gasteiger partial charge in [0.1, 0.15) is 17.3 Å². The van der Waals surface area contributed by atoms with Crippen LogP contribution in [-0.4, -0.2) is 17.3 Å². The summed E-state index contributed by atoms with van der Waals surface area (Å²) in [7, 11) is 0.755. The fourth-order valence-electron chi connectivity index (χ4n) is 1.05. The Labute approximate surface area is 54.3 Å². The lowest BCUT2D eigenvalue weighted by atomic mass is 10.4. The molecule has 8 heavy (non-hydrogen) atoms. The second-order valence-electron chi connectivity index (χ2n) is 2.18. The third kappa shape index (κ3) is 1.55. The second kappa shape index (κ2) is 3.18. The van der Waals surface area contributed by atoms with Crippen LogP contribution in [-0.2, 0) is 10.9 Å². The molecule has 0 unspecified atom stereocenters. The Morgan fingerprint density at radius 3 is 2.50 bits per heavy atom. The van der Waals surface area contributed by atoms with Crippen LogP contribution in [0.15, 0.2) is 12.7 Å².